The Morgan fingerprint density at radius 2 is 1.77 bits per heavy atom. The molecule has 2 aromatic carbocycles. The van der Waals surface area contributed by atoms with Crippen LogP contribution < -0.4 is 15.4 Å². The average molecular weight is 538 g/mol. The van der Waals surface area contributed by atoms with E-state index in [1.54, 1.807) is 7.05 Å². The van der Waals surface area contributed by atoms with Gasteiger partial charge in [0.15, 0.2) is 5.96 Å². The Bertz CT molecular complexity index is 767. The van der Waals surface area contributed by atoms with Crippen molar-refractivity contribution in [3.8, 4) is 5.75 Å². The molecule has 0 spiro atoms. The van der Waals surface area contributed by atoms with Crippen molar-refractivity contribution < 1.29 is 9.47 Å². The van der Waals surface area contributed by atoms with Crippen molar-refractivity contribution in [3.05, 3.63) is 65.7 Å². The van der Waals surface area contributed by atoms with Crippen molar-refractivity contribution in [1.82, 2.24) is 15.5 Å². The van der Waals surface area contributed by atoms with Crippen LogP contribution in [-0.4, -0.2) is 63.9 Å². The number of nitrogens with zero attached hydrogens (tertiary/aromatic N) is 2. The van der Waals surface area contributed by atoms with Gasteiger partial charge < -0.3 is 20.1 Å². The van der Waals surface area contributed by atoms with Crippen molar-refractivity contribution >= 4 is 29.9 Å². The summed E-state index contributed by atoms with van der Waals surface area (Å²) in [4.78, 5) is 6.72. The molecule has 1 aliphatic heterocycles. The van der Waals surface area contributed by atoms with Crippen molar-refractivity contribution in [2.24, 2.45) is 4.99 Å². The van der Waals surface area contributed by atoms with Crippen LogP contribution in [-0.2, 0) is 17.7 Å². The summed E-state index contributed by atoms with van der Waals surface area (Å²) in [5, 5.41) is 6.79. The fourth-order valence-corrected chi connectivity index (χ4v) is 3.44. The van der Waals surface area contributed by atoms with Gasteiger partial charge in [0.05, 0.1) is 13.2 Å². The van der Waals surface area contributed by atoms with Gasteiger partial charge >= 0.3 is 0 Å². The molecule has 1 fully saturated rings. The van der Waals surface area contributed by atoms with Crippen LogP contribution in [0.5, 0.6) is 5.75 Å². The fraction of sp³-hybridized carbons (Fsp3) is 0.458. The molecule has 0 amide bonds. The van der Waals surface area contributed by atoms with Crippen molar-refractivity contribution in [3.63, 3.8) is 0 Å². The topological polar surface area (TPSA) is 58.1 Å². The molecule has 1 aliphatic rings. The molecule has 0 atom stereocenters. The number of hydrogen-bond donors (Lipinski definition) is 2. The third-order valence-electron chi connectivity index (χ3n) is 5.19. The predicted octanol–water partition coefficient (Wildman–Crippen LogP) is 3.31. The van der Waals surface area contributed by atoms with Gasteiger partial charge in [0.25, 0.3) is 0 Å². The van der Waals surface area contributed by atoms with Gasteiger partial charge in [0, 0.05) is 45.3 Å². The Morgan fingerprint density at radius 3 is 2.55 bits per heavy atom. The molecule has 1 heterocycles. The van der Waals surface area contributed by atoms with Crippen molar-refractivity contribution in [1.29, 1.82) is 0 Å². The lowest BCUT2D eigenvalue weighted by Crippen LogP contribution is -2.39. The van der Waals surface area contributed by atoms with Gasteiger partial charge in [-0.1, -0.05) is 48.5 Å². The quantitative estimate of drug-likeness (QED) is 0.211. The summed E-state index contributed by atoms with van der Waals surface area (Å²) in [5.41, 5.74) is 2.50. The molecule has 0 saturated carbocycles. The molecule has 0 bridgehead atoms. The second kappa shape index (κ2) is 15.0. The Labute approximate surface area is 203 Å². The van der Waals surface area contributed by atoms with Crippen LogP contribution in [0.3, 0.4) is 0 Å². The summed E-state index contributed by atoms with van der Waals surface area (Å²) >= 11 is 0. The lowest BCUT2D eigenvalue weighted by molar-refractivity contribution is 0.0322. The van der Waals surface area contributed by atoms with Crippen LogP contribution in [0.1, 0.15) is 17.5 Å². The van der Waals surface area contributed by atoms with E-state index < -0.39 is 0 Å². The molecule has 1 saturated heterocycles. The predicted molar refractivity (Wildman–Crippen MR) is 138 cm³/mol. The fourth-order valence-electron chi connectivity index (χ4n) is 3.44. The molecule has 2 aromatic rings. The second-order valence-corrected chi connectivity index (χ2v) is 7.35. The number of aryl methyl sites for hydroxylation is 1. The molecule has 0 aromatic heterocycles. The first-order valence-corrected chi connectivity index (χ1v) is 10.8. The monoisotopic (exact) mass is 538 g/mol. The number of hydrogen-bond acceptors (Lipinski definition) is 4. The van der Waals surface area contributed by atoms with Gasteiger partial charge in [0.2, 0.25) is 0 Å². The van der Waals surface area contributed by atoms with E-state index in [1.807, 2.05) is 18.2 Å². The highest BCUT2D eigenvalue weighted by molar-refractivity contribution is 14.0. The van der Waals surface area contributed by atoms with Crippen molar-refractivity contribution in [2.75, 3.05) is 53.0 Å². The van der Waals surface area contributed by atoms with Gasteiger partial charge in [-0.25, -0.2) is 0 Å². The van der Waals surface area contributed by atoms with Crippen LogP contribution in [0.25, 0.3) is 0 Å². The van der Waals surface area contributed by atoms with Gasteiger partial charge in [-0.3, -0.25) is 9.89 Å². The van der Waals surface area contributed by atoms with E-state index in [2.05, 4.69) is 56.9 Å². The number of halogens is 1. The van der Waals surface area contributed by atoms with E-state index in [0.29, 0.717) is 13.2 Å². The maximum atomic E-state index is 6.07. The molecule has 2 N–H and O–H groups in total. The first-order chi connectivity index (χ1) is 14.8. The molecule has 7 heteroatoms. The Morgan fingerprint density at radius 1 is 1.03 bits per heavy atom. The third kappa shape index (κ3) is 9.45. The summed E-state index contributed by atoms with van der Waals surface area (Å²) in [6.45, 7) is 6.77. The van der Waals surface area contributed by atoms with Gasteiger partial charge in [-0.05, 0) is 24.5 Å². The highest BCUT2D eigenvalue weighted by Gasteiger charge is 2.10. The smallest absolute Gasteiger partial charge is 0.191 e. The number of ether oxygens (including phenoxy) is 2. The van der Waals surface area contributed by atoms with E-state index in [9.17, 15) is 0 Å². The molecule has 31 heavy (non-hydrogen) atoms. The molecule has 0 radical (unpaired) electrons. The maximum Gasteiger partial charge on any atom is 0.191 e. The zero-order chi connectivity index (χ0) is 20.9. The van der Waals surface area contributed by atoms with E-state index >= 15 is 0 Å². The summed E-state index contributed by atoms with van der Waals surface area (Å²) in [6, 6.07) is 18.8. The van der Waals surface area contributed by atoms with Crippen LogP contribution in [0.15, 0.2) is 59.6 Å². The maximum absolute atomic E-state index is 6.07. The van der Waals surface area contributed by atoms with Crippen molar-refractivity contribution in [2.45, 2.75) is 19.4 Å². The molecule has 0 aliphatic carbocycles. The summed E-state index contributed by atoms with van der Waals surface area (Å²) in [7, 11) is 1.80. The number of benzene rings is 2. The lowest BCUT2D eigenvalue weighted by atomic mass is 10.1. The summed E-state index contributed by atoms with van der Waals surface area (Å²) in [6.07, 6.45) is 2.12. The summed E-state index contributed by atoms with van der Waals surface area (Å²) < 4.78 is 11.5. The van der Waals surface area contributed by atoms with Crippen LogP contribution in [0.2, 0.25) is 0 Å². The molecule has 170 valence electrons. The molecule has 3 rings (SSSR count). The van der Waals surface area contributed by atoms with Gasteiger partial charge in [-0.2, -0.15) is 0 Å². The first kappa shape index (κ1) is 25.4. The minimum Gasteiger partial charge on any atom is -0.492 e. The lowest BCUT2D eigenvalue weighted by Gasteiger charge is -2.26. The number of guanidine groups is 1. The molecular formula is C24H35IN4O2. The Hall–Kier alpha value is -1.84. The standard InChI is InChI=1S/C24H34N4O2.HI/c1-25-24(26-13-7-10-21-8-3-2-4-9-21)27-20-22-11-5-6-12-23(22)30-19-16-28-14-17-29-18-15-28;/h2-6,8-9,11-12H,7,10,13-20H2,1H3,(H2,25,26,27);1H. The van der Waals surface area contributed by atoms with Crippen LogP contribution in [0.4, 0.5) is 0 Å². The van der Waals surface area contributed by atoms with E-state index in [0.717, 1.165) is 69.5 Å². The number of para-hydroxylation sites is 1. The van der Waals surface area contributed by atoms with Gasteiger partial charge in [0.1, 0.15) is 12.4 Å². The van der Waals surface area contributed by atoms with Crippen LogP contribution in [0, 0.1) is 0 Å². The molecule has 0 unspecified atom stereocenters. The number of morpholine rings is 1. The Kier molecular flexibility index (Phi) is 12.3. The highest BCUT2D eigenvalue weighted by atomic mass is 127. The number of rotatable bonds is 10. The number of nitrogens with one attached hydrogen (secondary N) is 2. The zero-order valence-electron chi connectivity index (χ0n) is 18.4. The largest absolute Gasteiger partial charge is 0.492 e. The minimum atomic E-state index is 0. The minimum absolute atomic E-state index is 0. The second-order valence-electron chi connectivity index (χ2n) is 7.35. The number of aliphatic imine (C=N–C) groups is 1. The van der Waals surface area contributed by atoms with E-state index in [-0.39, 0.29) is 24.0 Å². The van der Waals surface area contributed by atoms with Gasteiger partial charge in [-0.15, -0.1) is 24.0 Å². The molecule has 6 nitrogen and oxygen atoms in total. The Balaban J connectivity index is 0.00000341. The normalized spacial score (nSPS) is 14.5. The van der Waals surface area contributed by atoms with E-state index in [1.165, 1.54) is 5.56 Å². The molecular weight excluding hydrogens is 503 g/mol. The van der Waals surface area contributed by atoms with E-state index in [4.69, 9.17) is 9.47 Å². The first-order valence-electron chi connectivity index (χ1n) is 10.8. The average Bonchev–Trinajstić information content (AvgIpc) is 2.81. The SMILES string of the molecule is CN=C(NCCCc1ccccc1)NCc1ccccc1OCCN1CCOCC1.I. The highest BCUT2D eigenvalue weighted by Crippen LogP contribution is 2.17. The van der Waals surface area contributed by atoms with Crippen LogP contribution >= 0.6 is 24.0 Å². The summed E-state index contributed by atoms with van der Waals surface area (Å²) in [5.74, 6) is 1.74. The third-order valence-corrected chi connectivity index (χ3v) is 5.19. The zero-order valence-corrected chi connectivity index (χ0v) is 20.7.